The highest BCUT2D eigenvalue weighted by Crippen LogP contribution is 2.23. The number of rotatable bonds is 9. The molecule has 30 heavy (non-hydrogen) atoms. The number of likely N-dealkylation sites (tertiary alicyclic amines) is 1. The minimum absolute atomic E-state index is 0.0494. The molecule has 0 bridgehead atoms. The van der Waals surface area contributed by atoms with Crippen LogP contribution in [-0.2, 0) is 16.4 Å². The molecule has 1 fully saturated rings. The number of hydrogen-bond donors (Lipinski definition) is 2. The summed E-state index contributed by atoms with van der Waals surface area (Å²) in [4.78, 5) is 2.32. The summed E-state index contributed by atoms with van der Waals surface area (Å²) in [5, 5.41) is 0. The van der Waals surface area contributed by atoms with Crippen LogP contribution in [0.4, 0.5) is 8.78 Å². The third kappa shape index (κ3) is 5.85. The van der Waals surface area contributed by atoms with Crippen LogP contribution < -0.4 is 10.5 Å². The number of hydrogen-bond acceptors (Lipinski definition) is 4. The van der Waals surface area contributed by atoms with Crippen molar-refractivity contribution in [3.8, 4) is 0 Å². The summed E-state index contributed by atoms with van der Waals surface area (Å²) in [5.41, 5.74) is 6.90. The maximum absolute atomic E-state index is 13.9. The molecule has 0 spiro atoms. The van der Waals surface area contributed by atoms with Crippen LogP contribution in [0.1, 0.15) is 31.7 Å². The van der Waals surface area contributed by atoms with Crippen LogP contribution in [0.15, 0.2) is 53.4 Å². The second-order valence-corrected chi connectivity index (χ2v) is 9.75. The van der Waals surface area contributed by atoms with Crippen LogP contribution >= 0.6 is 0 Å². The van der Waals surface area contributed by atoms with E-state index in [0.29, 0.717) is 18.4 Å². The van der Waals surface area contributed by atoms with Gasteiger partial charge in [-0.3, -0.25) is 4.90 Å². The molecule has 1 saturated heterocycles. The van der Waals surface area contributed by atoms with Crippen LogP contribution in [0.5, 0.6) is 0 Å². The molecule has 3 N–H and O–H groups in total. The Kier molecular flexibility index (Phi) is 7.57. The molecule has 0 radical (unpaired) electrons. The van der Waals surface area contributed by atoms with Gasteiger partial charge in [0.25, 0.3) is 0 Å². The first-order valence-corrected chi connectivity index (χ1v) is 11.7. The minimum atomic E-state index is -3.69. The minimum Gasteiger partial charge on any atom is -0.327 e. The van der Waals surface area contributed by atoms with Gasteiger partial charge in [0.05, 0.1) is 4.90 Å². The molecule has 3 atom stereocenters. The van der Waals surface area contributed by atoms with Gasteiger partial charge >= 0.3 is 0 Å². The predicted molar refractivity (Wildman–Crippen MR) is 113 cm³/mol. The lowest BCUT2D eigenvalue weighted by atomic mass is 9.99. The summed E-state index contributed by atoms with van der Waals surface area (Å²) >= 11 is 0. The highest BCUT2D eigenvalue weighted by atomic mass is 32.2. The molecular weight excluding hydrogens is 408 g/mol. The zero-order chi connectivity index (χ0) is 21.7. The molecule has 1 heterocycles. The molecule has 164 valence electrons. The first kappa shape index (κ1) is 22.8. The van der Waals surface area contributed by atoms with Crippen molar-refractivity contribution in [1.82, 2.24) is 9.62 Å². The van der Waals surface area contributed by atoms with Crippen molar-refractivity contribution >= 4 is 10.0 Å². The van der Waals surface area contributed by atoms with Crippen LogP contribution in [0.2, 0.25) is 0 Å². The van der Waals surface area contributed by atoms with Crippen molar-refractivity contribution in [3.63, 3.8) is 0 Å². The Morgan fingerprint density at radius 1 is 1.17 bits per heavy atom. The number of benzene rings is 2. The SMILES string of the molecule is CC(C[C@H](N)Cc1ccccc1F)N1CCC[C@H]1CNS(=O)(=O)c1ccc(F)cc1. The first-order chi connectivity index (χ1) is 14.3. The zero-order valence-electron chi connectivity index (χ0n) is 17.1. The molecule has 0 amide bonds. The van der Waals surface area contributed by atoms with Crippen LogP contribution in [0.25, 0.3) is 0 Å². The van der Waals surface area contributed by atoms with Crippen molar-refractivity contribution in [1.29, 1.82) is 0 Å². The highest BCUT2D eigenvalue weighted by molar-refractivity contribution is 7.89. The molecule has 2 aromatic carbocycles. The van der Waals surface area contributed by atoms with Crippen molar-refractivity contribution in [2.45, 2.75) is 55.6 Å². The van der Waals surface area contributed by atoms with Gasteiger partial charge in [-0.05, 0) is 75.0 Å². The normalized spacial score (nSPS) is 19.7. The van der Waals surface area contributed by atoms with Crippen molar-refractivity contribution in [3.05, 3.63) is 65.7 Å². The van der Waals surface area contributed by atoms with Crippen molar-refractivity contribution in [2.24, 2.45) is 5.73 Å². The van der Waals surface area contributed by atoms with Crippen molar-refractivity contribution < 1.29 is 17.2 Å². The molecule has 3 rings (SSSR count). The first-order valence-electron chi connectivity index (χ1n) is 10.3. The van der Waals surface area contributed by atoms with E-state index in [9.17, 15) is 17.2 Å². The van der Waals surface area contributed by atoms with E-state index in [0.717, 1.165) is 31.5 Å². The molecule has 1 unspecified atom stereocenters. The lowest BCUT2D eigenvalue weighted by molar-refractivity contribution is 0.176. The molecule has 0 aromatic heterocycles. The van der Waals surface area contributed by atoms with E-state index in [4.69, 9.17) is 5.73 Å². The maximum atomic E-state index is 13.9. The Bertz CT molecular complexity index is 938. The average Bonchev–Trinajstić information content (AvgIpc) is 3.17. The van der Waals surface area contributed by atoms with Gasteiger partial charge < -0.3 is 5.73 Å². The fraction of sp³-hybridized carbons (Fsp3) is 0.455. The second kappa shape index (κ2) is 9.96. The second-order valence-electron chi connectivity index (χ2n) is 7.98. The van der Waals surface area contributed by atoms with E-state index in [1.165, 1.54) is 18.2 Å². The Morgan fingerprint density at radius 2 is 1.87 bits per heavy atom. The Balaban J connectivity index is 1.55. The van der Waals surface area contributed by atoms with Crippen LogP contribution in [0.3, 0.4) is 0 Å². The summed E-state index contributed by atoms with van der Waals surface area (Å²) in [7, 11) is -3.69. The number of halogens is 2. The number of nitrogens with zero attached hydrogens (tertiary/aromatic N) is 1. The Labute approximate surface area is 177 Å². The van der Waals surface area contributed by atoms with Gasteiger partial charge in [0, 0.05) is 24.7 Å². The van der Waals surface area contributed by atoms with Gasteiger partial charge in [0.1, 0.15) is 11.6 Å². The van der Waals surface area contributed by atoms with E-state index in [1.807, 2.05) is 0 Å². The van der Waals surface area contributed by atoms with Gasteiger partial charge in [-0.15, -0.1) is 0 Å². The lowest BCUT2D eigenvalue weighted by Crippen LogP contribution is -2.46. The quantitative estimate of drug-likeness (QED) is 0.632. The monoisotopic (exact) mass is 437 g/mol. The Hall–Kier alpha value is -1.87. The van der Waals surface area contributed by atoms with E-state index >= 15 is 0 Å². The van der Waals surface area contributed by atoms with E-state index in [-0.39, 0.29) is 35.4 Å². The number of sulfonamides is 1. The summed E-state index contributed by atoms with van der Waals surface area (Å²) < 4.78 is 54.5. The van der Waals surface area contributed by atoms with Crippen molar-refractivity contribution in [2.75, 3.05) is 13.1 Å². The third-order valence-corrected chi connectivity index (χ3v) is 7.15. The molecule has 5 nitrogen and oxygen atoms in total. The molecule has 0 aliphatic carbocycles. The van der Waals surface area contributed by atoms with Crippen LogP contribution in [-0.4, -0.2) is 44.5 Å². The van der Waals surface area contributed by atoms with Gasteiger partial charge in [-0.1, -0.05) is 18.2 Å². The van der Waals surface area contributed by atoms with Gasteiger partial charge in [-0.25, -0.2) is 21.9 Å². The average molecular weight is 438 g/mol. The summed E-state index contributed by atoms with van der Waals surface area (Å²) in [6.45, 7) is 3.23. The van der Waals surface area contributed by atoms with E-state index in [1.54, 1.807) is 18.2 Å². The standard InChI is InChI=1S/C22H29F2N3O2S/c1-16(13-19(25)14-17-5-2-3-7-22(17)24)27-12-4-6-20(27)15-26-30(28,29)21-10-8-18(23)9-11-21/h2-3,5,7-11,16,19-20,26H,4,6,12-15,25H2,1H3/t16?,19-,20-/m0/s1. The molecular formula is C22H29F2N3O2S. The maximum Gasteiger partial charge on any atom is 0.240 e. The Morgan fingerprint density at radius 3 is 2.57 bits per heavy atom. The highest BCUT2D eigenvalue weighted by Gasteiger charge is 2.30. The topological polar surface area (TPSA) is 75.4 Å². The fourth-order valence-electron chi connectivity index (χ4n) is 4.16. The molecule has 1 aliphatic rings. The molecule has 8 heteroatoms. The number of nitrogens with two attached hydrogens (primary N) is 1. The summed E-state index contributed by atoms with van der Waals surface area (Å²) in [5.74, 6) is -0.716. The smallest absolute Gasteiger partial charge is 0.240 e. The van der Waals surface area contributed by atoms with Gasteiger partial charge in [0.2, 0.25) is 10.0 Å². The van der Waals surface area contributed by atoms with Gasteiger partial charge in [-0.2, -0.15) is 0 Å². The summed E-state index contributed by atoms with van der Waals surface area (Å²) in [6, 6.07) is 11.5. The number of nitrogens with one attached hydrogen (secondary N) is 1. The van der Waals surface area contributed by atoms with Gasteiger partial charge in [0.15, 0.2) is 0 Å². The molecule has 1 aliphatic heterocycles. The fourth-order valence-corrected chi connectivity index (χ4v) is 5.24. The largest absolute Gasteiger partial charge is 0.327 e. The van der Waals surface area contributed by atoms with Crippen LogP contribution in [0, 0.1) is 11.6 Å². The zero-order valence-corrected chi connectivity index (χ0v) is 17.9. The predicted octanol–water partition coefficient (Wildman–Crippen LogP) is 3.06. The van der Waals surface area contributed by atoms with E-state index in [2.05, 4.69) is 16.5 Å². The molecule has 2 aromatic rings. The van der Waals surface area contributed by atoms with E-state index < -0.39 is 15.8 Å². The summed E-state index contributed by atoms with van der Waals surface area (Å²) in [6.07, 6.45) is 3.02. The lowest BCUT2D eigenvalue weighted by Gasteiger charge is -2.32. The molecule has 0 saturated carbocycles. The third-order valence-electron chi connectivity index (χ3n) is 5.71.